The summed E-state index contributed by atoms with van der Waals surface area (Å²) in [5, 5.41) is 7.41. The van der Waals surface area contributed by atoms with Crippen LogP contribution in [0.15, 0.2) is 58.8 Å². The molecule has 4 aromatic rings. The van der Waals surface area contributed by atoms with E-state index in [-0.39, 0.29) is 17.2 Å². The highest BCUT2D eigenvalue weighted by Crippen LogP contribution is 2.23. The van der Waals surface area contributed by atoms with Gasteiger partial charge in [-0.25, -0.2) is 9.78 Å². The van der Waals surface area contributed by atoms with Gasteiger partial charge in [0.25, 0.3) is 11.8 Å². The molecular formula is C26H23BrN4O4S. The molecule has 8 nitrogen and oxygen atoms in total. The van der Waals surface area contributed by atoms with Gasteiger partial charge in [0.15, 0.2) is 0 Å². The number of hydrogen-bond donors (Lipinski definition) is 3. The third kappa shape index (κ3) is 5.55. The Balaban J connectivity index is 1.48. The Labute approximate surface area is 219 Å². The summed E-state index contributed by atoms with van der Waals surface area (Å²) in [6.45, 7) is 4.05. The van der Waals surface area contributed by atoms with Crippen LogP contribution in [-0.2, 0) is 16.1 Å². The van der Waals surface area contributed by atoms with E-state index in [1.807, 2.05) is 44.3 Å². The third-order valence-corrected chi connectivity index (χ3v) is 7.14. The second-order valence-electron chi connectivity index (χ2n) is 7.92. The number of thiazole rings is 1. The zero-order chi connectivity index (χ0) is 25.8. The fourth-order valence-corrected chi connectivity index (χ4v) is 5.11. The number of benzene rings is 2. The number of aromatic nitrogens is 2. The summed E-state index contributed by atoms with van der Waals surface area (Å²) < 4.78 is 5.24. The van der Waals surface area contributed by atoms with Gasteiger partial charge in [0.05, 0.1) is 28.3 Å². The first-order chi connectivity index (χ1) is 17.3. The molecule has 2 aromatic heterocycles. The molecule has 184 valence electrons. The van der Waals surface area contributed by atoms with Gasteiger partial charge in [-0.2, -0.15) is 0 Å². The Morgan fingerprint density at radius 3 is 2.64 bits per heavy atom. The number of halogens is 1. The highest BCUT2D eigenvalue weighted by molar-refractivity contribution is 9.10. The summed E-state index contributed by atoms with van der Waals surface area (Å²) in [7, 11) is 1.24. The van der Waals surface area contributed by atoms with E-state index >= 15 is 0 Å². The van der Waals surface area contributed by atoms with Gasteiger partial charge in [-0.3, -0.25) is 9.59 Å². The molecule has 0 atom stereocenters. The van der Waals surface area contributed by atoms with E-state index in [9.17, 15) is 14.4 Å². The smallest absolute Gasteiger partial charge is 0.354 e. The molecule has 0 saturated heterocycles. The third-order valence-electron chi connectivity index (χ3n) is 5.47. The minimum absolute atomic E-state index is 0.0121. The molecule has 0 bridgehead atoms. The largest absolute Gasteiger partial charge is 0.464 e. The molecule has 0 aliphatic carbocycles. The zero-order valence-corrected chi connectivity index (χ0v) is 22.2. The molecule has 0 saturated carbocycles. The average Bonchev–Trinajstić information content (AvgIpc) is 3.47. The van der Waals surface area contributed by atoms with Crippen molar-refractivity contribution >= 4 is 62.0 Å². The van der Waals surface area contributed by atoms with Crippen molar-refractivity contribution in [3.8, 4) is 0 Å². The number of H-pyrrole nitrogens is 1. The van der Waals surface area contributed by atoms with E-state index in [2.05, 4.69) is 36.5 Å². The summed E-state index contributed by atoms with van der Waals surface area (Å²) in [6.07, 6.45) is 3.40. The van der Waals surface area contributed by atoms with Gasteiger partial charge in [0, 0.05) is 33.7 Å². The lowest BCUT2D eigenvalue weighted by Crippen LogP contribution is -2.28. The van der Waals surface area contributed by atoms with Crippen LogP contribution in [0.1, 0.15) is 41.9 Å². The lowest BCUT2D eigenvalue weighted by atomic mass is 10.1. The summed E-state index contributed by atoms with van der Waals surface area (Å²) in [4.78, 5) is 46.2. The molecule has 0 aliphatic heterocycles. The SMILES string of the molecule is COC(=O)C(=Cc1sc(C)nc1C)NC(=O)c1ccc(C(=O)NCc2cccc3[nH]ccc23)cc1Br. The first-order valence-electron chi connectivity index (χ1n) is 10.9. The molecule has 4 rings (SSSR count). The lowest BCUT2D eigenvalue weighted by molar-refractivity contribution is -0.136. The number of aromatic amines is 1. The van der Waals surface area contributed by atoms with Crippen molar-refractivity contribution < 1.29 is 19.1 Å². The van der Waals surface area contributed by atoms with E-state index in [0.29, 0.717) is 16.6 Å². The van der Waals surface area contributed by atoms with Crippen molar-refractivity contribution in [3.05, 3.63) is 91.1 Å². The van der Waals surface area contributed by atoms with Gasteiger partial charge >= 0.3 is 5.97 Å². The number of carbonyl (C=O) groups excluding carboxylic acids is 3. The minimum atomic E-state index is -0.682. The van der Waals surface area contributed by atoms with Gasteiger partial charge in [0.1, 0.15) is 5.70 Å². The molecule has 36 heavy (non-hydrogen) atoms. The molecule has 0 aliphatic rings. The van der Waals surface area contributed by atoms with Gasteiger partial charge < -0.3 is 20.4 Å². The first kappa shape index (κ1) is 25.3. The quantitative estimate of drug-likeness (QED) is 0.218. The number of aryl methyl sites for hydroxylation is 2. The Morgan fingerprint density at radius 2 is 1.94 bits per heavy atom. The fourth-order valence-electron chi connectivity index (χ4n) is 3.68. The lowest BCUT2D eigenvalue weighted by Gasteiger charge is -2.11. The first-order valence-corrected chi connectivity index (χ1v) is 12.6. The maximum absolute atomic E-state index is 13.0. The topological polar surface area (TPSA) is 113 Å². The predicted octanol–water partition coefficient (Wildman–Crippen LogP) is 4.88. The zero-order valence-electron chi connectivity index (χ0n) is 19.8. The van der Waals surface area contributed by atoms with Crippen LogP contribution in [0.5, 0.6) is 0 Å². The van der Waals surface area contributed by atoms with E-state index in [0.717, 1.165) is 32.0 Å². The van der Waals surface area contributed by atoms with E-state index in [4.69, 9.17) is 4.74 Å². The van der Waals surface area contributed by atoms with Crippen LogP contribution in [0.2, 0.25) is 0 Å². The monoisotopic (exact) mass is 566 g/mol. The van der Waals surface area contributed by atoms with Crippen molar-refractivity contribution in [1.29, 1.82) is 0 Å². The molecule has 2 amide bonds. The standard InChI is InChI=1S/C26H23BrN4O4S/c1-14-23(36-15(2)30-14)12-22(26(34)35-3)31-25(33)19-8-7-16(11-20(19)27)24(32)29-13-17-5-4-6-21-18(17)9-10-28-21/h4-12,28H,13H2,1-3H3,(H,29,32)(H,31,33). The Morgan fingerprint density at radius 1 is 1.14 bits per heavy atom. The van der Waals surface area contributed by atoms with E-state index in [1.54, 1.807) is 18.2 Å². The van der Waals surface area contributed by atoms with E-state index < -0.39 is 11.9 Å². The van der Waals surface area contributed by atoms with Crippen molar-refractivity contribution in [2.75, 3.05) is 7.11 Å². The van der Waals surface area contributed by atoms with E-state index in [1.165, 1.54) is 24.5 Å². The Hall–Kier alpha value is -3.76. The van der Waals surface area contributed by atoms with Crippen LogP contribution in [0.3, 0.4) is 0 Å². The minimum Gasteiger partial charge on any atom is -0.464 e. The van der Waals surface area contributed by atoms with Crippen LogP contribution in [0, 0.1) is 13.8 Å². The highest BCUT2D eigenvalue weighted by atomic mass is 79.9. The number of carbonyl (C=O) groups is 3. The molecule has 0 spiro atoms. The van der Waals surface area contributed by atoms with Crippen LogP contribution in [0.25, 0.3) is 17.0 Å². The number of rotatable bonds is 7. The number of amides is 2. The molecule has 2 heterocycles. The molecule has 3 N–H and O–H groups in total. The Kier molecular flexibility index (Phi) is 7.66. The summed E-state index contributed by atoms with van der Waals surface area (Å²) in [6, 6.07) is 12.5. The second-order valence-corrected chi connectivity index (χ2v) is 10.0. The number of ether oxygens (including phenoxy) is 1. The summed E-state index contributed by atoms with van der Waals surface area (Å²) in [5.74, 6) is -1.48. The van der Waals surface area contributed by atoms with Crippen LogP contribution in [0.4, 0.5) is 0 Å². The van der Waals surface area contributed by atoms with Crippen molar-refractivity contribution in [2.24, 2.45) is 0 Å². The maximum atomic E-state index is 13.0. The molecule has 0 unspecified atom stereocenters. The number of methoxy groups -OCH3 is 1. The predicted molar refractivity (Wildman–Crippen MR) is 143 cm³/mol. The summed E-state index contributed by atoms with van der Waals surface area (Å²) in [5.41, 5.74) is 3.38. The molecule has 2 aromatic carbocycles. The highest BCUT2D eigenvalue weighted by Gasteiger charge is 2.19. The average molecular weight is 567 g/mol. The van der Waals surface area contributed by atoms with Crippen molar-refractivity contribution in [1.82, 2.24) is 20.6 Å². The number of fused-ring (bicyclic) bond motifs is 1. The van der Waals surface area contributed by atoms with Crippen molar-refractivity contribution in [3.63, 3.8) is 0 Å². The fraction of sp³-hybridized carbons (Fsp3) is 0.154. The molecule has 10 heteroatoms. The summed E-state index contributed by atoms with van der Waals surface area (Å²) >= 11 is 4.78. The van der Waals surface area contributed by atoms with Gasteiger partial charge in [-0.1, -0.05) is 12.1 Å². The molecule has 0 radical (unpaired) electrons. The van der Waals surface area contributed by atoms with Gasteiger partial charge in [0.2, 0.25) is 0 Å². The van der Waals surface area contributed by atoms with Crippen LogP contribution >= 0.6 is 27.3 Å². The van der Waals surface area contributed by atoms with Crippen molar-refractivity contribution in [2.45, 2.75) is 20.4 Å². The number of nitrogens with zero attached hydrogens (tertiary/aromatic N) is 1. The molecule has 0 fully saturated rings. The van der Waals surface area contributed by atoms with Crippen LogP contribution < -0.4 is 10.6 Å². The van der Waals surface area contributed by atoms with Gasteiger partial charge in [-0.05, 0) is 71.7 Å². The van der Waals surface area contributed by atoms with Crippen LogP contribution in [-0.4, -0.2) is 34.9 Å². The normalized spacial score (nSPS) is 11.4. The second kappa shape index (κ2) is 10.9. The van der Waals surface area contributed by atoms with Gasteiger partial charge in [-0.15, -0.1) is 11.3 Å². The molecular weight excluding hydrogens is 544 g/mol. The number of nitrogens with one attached hydrogen (secondary N) is 3. The number of hydrogen-bond acceptors (Lipinski definition) is 6. The maximum Gasteiger partial charge on any atom is 0.354 e. The number of esters is 1. The Bertz CT molecular complexity index is 1500.